The van der Waals surface area contributed by atoms with Gasteiger partial charge in [0.2, 0.25) is 15.9 Å². The van der Waals surface area contributed by atoms with E-state index in [0.717, 1.165) is 12.1 Å². The number of sulfonamides is 1. The Kier molecular flexibility index (Phi) is 6.33. The van der Waals surface area contributed by atoms with E-state index < -0.39 is 32.7 Å². The lowest BCUT2D eigenvalue weighted by Crippen LogP contribution is -2.50. The van der Waals surface area contributed by atoms with Gasteiger partial charge in [-0.1, -0.05) is 26.0 Å². The van der Waals surface area contributed by atoms with Crippen molar-refractivity contribution < 1.29 is 22.0 Å². The molecule has 8 heteroatoms. The third-order valence-electron chi connectivity index (χ3n) is 3.61. The molecule has 0 aliphatic rings. The zero-order valence-corrected chi connectivity index (χ0v) is 14.8. The van der Waals surface area contributed by atoms with Gasteiger partial charge in [0.1, 0.15) is 22.5 Å². The molecule has 1 aromatic carbocycles. The highest BCUT2D eigenvalue weighted by atomic mass is 32.2. The predicted octanol–water partition coefficient (Wildman–Crippen LogP) is 2.08. The SMILES string of the molecule is CC(C)[C@H](NS(=O)(=O)c1ccccc1F)C(=O)NCCc1ccco1. The normalized spacial score (nSPS) is 13.0. The van der Waals surface area contributed by atoms with Gasteiger partial charge in [-0.2, -0.15) is 4.72 Å². The molecule has 0 saturated carbocycles. The van der Waals surface area contributed by atoms with E-state index in [9.17, 15) is 17.6 Å². The Labute approximate surface area is 146 Å². The van der Waals surface area contributed by atoms with Crippen molar-refractivity contribution in [2.75, 3.05) is 6.54 Å². The molecule has 0 bridgehead atoms. The molecule has 2 rings (SSSR count). The number of hydrogen-bond donors (Lipinski definition) is 2. The van der Waals surface area contributed by atoms with Crippen molar-refractivity contribution >= 4 is 15.9 Å². The standard InChI is InChI=1S/C17H21FN2O4S/c1-12(2)16(17(21)19-10-9-13-6-5-11-24-13)20-25(22,23)15-8-4-3-7-14(15)18/h3-8,11-12,16,20H,9-10H2,1-2H3,(H,19,21)/t16-/m0/s1. The van der Waals surface area contributed by atoms with E-state index in [0.29, 0.717) is 18.7 Å². The number of benzene rings is 1. The second-order valence-electron chi connectivity index (χ2n) is 5.89. The monoisotopic (exact) mass is 368 g/mol. The van der Waals surface area contributed by atoms with Gasteiger partial charge in [0.25, 0.3) is 0 Å². The molecule has 2 aromatic rings. The topological polar surface area (TPSA) is 88.4 Å². The average molecular weight is 368 g/mol. The lowest BCUT2D eigenvalue weighted by Gasteiger charge is -2.21. The molecule has 1 heterocycles. The minimum absolute atomic E-state index is 0.303. The summed E-state index contributed by atoms with van der Waals surface area (Å²) in [5.41, 5.74) is 0. The molecule has 0 saturated heterocycles. The Morgan fingerprint density at radius 3 is 2.52 bits per heavy atom. The first-order valence-electron chi connectivity index (χ1n) is 7.88. The average Bonchev–Trinajstić information content (AvgIpc) is 3.06. The highest BCUT2D eigenvalue weighted by molar-refractivity contribution is 7.89. The van der Waals surface area contributed by atoms with E-state index >= 15 is 0 Å². The maximum atomic E-state index is 13.8. The van der Waals surface area contributed by atoms with Crippen LogP contribution in [0.3, 0.4) is 0 Å². The van der Waals surface area contributed by atoms with E-state index in [2.05, 4.69) is 10.0 Å². The van der Waals surface area contributed by atoms with Crippen molar-refractivity contribution in [2.24, 2.45) is 5.92 Å². The van der Waals surface area contributed by atoms with Gasteiger partial charge in [0, 0.05) is 13.0 Å². The van der Waals surface area contributed by atoms with Crippen LogP contribution in [0.2, 0.25) is 0 Å². The summed E-state index contributed by atoms with van der Waals surface area (Å²) in [6, 6.07) is 7.55. The molecule has 1 amide bonds. The van der Waals surface area contributed by atoms with Gasteiger partial charge in [0.05, 0.1) is 6.26 Å². The lowest BCUT2D eigenvalue weighted by atomic mass is 10.1. The molecule has 0 unspecified atom stereocenters. The van der Waals surface area contributed by atoms with E-state index in [1.807, 2.05) is 0 Å². The van der Waals surface area contributed by atoms with Crippen LogP contribution >= 0.6 is 0 Å². The summed E-state index contributed by atoms with van der Waals surface area (Å²) < 4.78 is 46.0. The number of carbonyl (C=O) groups excluding carboxylic acids is 1. The summed E-state index contributed by atoms with van der Waals surface area (Å²) >= 11 is 0. The van der Waals surface area contributed by atoms with Crippen LogP contribution in [0.5, 0.6) is 0 Å². The van der Waals surface area contributed by atoms with Gasteiger partial charge < -0.3 is 9.73 Å². The van der Waals surface area contributed by atoms with Crippen molar-refractivity contribution in [3.8, 4) is 0 Å². The molecule has 6 nitrogen and oxygen atoms in total. The van der Waals surface area contributed by atoms with Crippen LogP contribution in [-0.2, 0) is 21.2 Å². The fourth-order valence-electron chi connectivity index (χ4n) is 2.26. The van der Waals surface area contributed by atoms with Gasteiger partial charge >= 0.3 is 0 Å². The summed E-state index contributed by atoms with van der Waals surface area (Å²) in [7, 11) is -4.15. The zero-order chi connectivity index (χ0) is 18.4. The molecule has 1 aromatic heterocycles. The predicted molar refractivity (Wildman–Crippen MR) is 90.8 cm³/mol. The second kappa shape index (κ2) is 8.26. The Hall–Kier alpha value is -2.19. The van der Waals surface area contributed by atoms with Crippen molar-refractivity contribution in [3.63, 3.8) is 0 Å². The third kappa shape index (κ3) is 5.14. The first-order chi connectivity index (χ1) is 11.8. The molecule has 2 N–H and O–H groups in total. The molecule has 0 spiro atoms. The molecule has 25 heavy (non-hydrogen) atoms. The fraction of sp³-hybridized carbons (Fsp3) is 0.353. The Morgan fingerprint density at radius 2 is 1.92 bits per heavy atom. The number of carbonyl (C=O) groups is 1. The van der Waals surface area contributed by atoms with E-state index in [-0.39, 0.29) is 5.92 Å². The molecule has 0 radical (unpaired) electrons. The highest BCUT2D eigenvalue weighted by Crippen LogP contribution is 2.15. The van der Waals surface area contributed by atoms with E-state index in [1.165, 1.54) is 18.4 Å². The number of rotatable bonds is 8. The molecule has 0 fully saturated rings. The van der Waals surface area contributed by atoms with Crippen LogP contribution in [0.15, 0.2) is 52.0 Å². The maximum absolute atomic E-state index is 13.8. The van der Waals surface area contributed by atoms with Crippen LogP contribution in [0.1, 0.15) is 19.6 Å². The van der Waals surface area contributed by atoms with Crippen LogP contribution in [0, 0.1) is 11.7 Å². The van der Waals surface area contributed by atoms with Gasteiger partial charge in [0.15, 0.2) is 0 Å². The Balaban J connectivity index is 2.04. The first-order valence-corrected chi connectivity index (χ1v) is 9.36. The van der Waals surface area contributed by atoms with Gasteiger partial charge in [-0.25, -0.2) is 12.8 Å². The summed E-state index contributed by atoms with van der Waals surface area (Å²) in [4.78, 5) is 11.9. The van der Waals surface area contributed by atoms with Gasteiger partial charge in [-0.15, -0.1) is 0 Å². The maximum Gasteiger partial charge on any atom is 0.244 e. The van der Waals surface area contributed by atoms with Crippen LogP contribution in [0.25, 0.3) is 0 Å². The van der Waals surface area contributed by atoms with Crippen molar-refractivity contribution in [1.82, 2.24) is 10.0 Å². The number of amides is 1. The first kappa shape index (κ1) is 19.1. The molecule has 1 atom stereocenters. The Bertz CT molecular complexity index is 804. The molecule has 0 aliphatic carbocycles. The van der Waals surface area contributed by atoms with E-state index in [1.54, 1.807) is 26.0 Å². The minimum atomic E-state index is -4.15. The van der Waals surface area contributed by atoms with Crippen LogP contribution < -0.4 is 10.0 Å². The van der Waals surface area contributed by atoms with Crippen molar-refractivity contribution in [1.29, 1.82) is 0 Å². The number of halogens is 1. The zero-order valence-electron chi connectivity index (χ0n) is 14.0. The number of furan rings is 1. The van der Waals surface area contributed by atoms with Crippen molar-refractivity contribution in [2.45, 2.75) is 31.2 Å². The molecular weight excluding hydrogens is 347 g/mol. The minimum Gasteiger partial charge on any atom is -0.469 e. The summed E-state index contributed by atoms with van der Waals surface area (Å²) in [6.07, 6.45) is 2.03. The molecular formula is C17H21FN2O4S. The number of nitrogens with one attached hydrogen (secondary N) is 2. The Morgan fingerprint density at radius 1 is 1.20 bits per heavy atom. The van der Waals surface area contributed by atoms with E-state index in [4.69, 9.17) is 4.42 Å². The molecule has 0 aliphatic heterocycles. The largest absolute Gasteiger partial charge is 0.469 e. The summed E-state index contributed by atoms with van der Waals surface area (Å²) in [5.74, 6) is -0.935. The highest BCUT2D eigenvalue weighted by Gasteiger charge is 2.29. The summed E-state index contributed by atoms with van der Waals surface area (Å²) in [6.45, 7) is 3.72. The smallest absolute Gasteiger partial charge is 0.244 e. The van der Waals surface area contributed by atoms with Crippen LogP contribution in [0.4, 0.5) is 4.39 Å². The van der Waals surface area contributed by atoms with Crippen molar-refractivity contribution in [3.05, 3.63) is 54.2 Å². The lowest BCUT2D eigenvalue weighted by molar-refractivity contribution is -0.123. The quantitative estimate of drug-likeness (QED) is 0.747. The number of hydrogen-bond acceptors (Lipinski definition) is 4. The fourth-order valence-corrected chi connectivity index (χ4v) is 3.68. The summed E-state index contributed by atoms with van der Waals surface area (Å²) in [5, 5.41) is 2.67. The van der Waals surface area contributed by atoms with Gasteiger partial charge in [-0.05, 0) is 30.2 Å². The third-order valence-corrected chi connectivity index (χ3v) is 5.08. The second-order valence-corrected chi connectivity index (χ2v) is 7.58. The van der Waals surface area contributed by atoms with Gasteiger partial charge in [-0.3, -0.25) is 4.79 Å². The van der Waals surface area contributed by atoms with Crippen LogP contribution in [-0.4, -0.2) is 26.9 Å². The molecule has 136 valence electrons.